The monoisotopic (exact) mass is 350 g/mol. The SMILES string of the molecule is O=C(NC1CCN(c2ncccn2)CC1)c1cccc(C(F)(F)F)c1. The first kappa shape index (κ1) is 17.2. The van der Waals surface area contributed by atoms with Crippen molar-refractivity contribution in [2.24, 2.45) is 0 Å². The largest absolute Gasteiger partial charge is 0.416 e. The van der Waals surface area contributed by atoms with Gasteiger partial charge in [0.1, 0.15) is 0 Å². The van der Waals surface area contributed by atoms with Gasteiger partial charge < -0.3 is 10.2 Å². The van der Waals surface area contributed by atoms with Gasteiger partial charge in [0.15, 0.2) is 0 Å². The van der Waals surface area contributed by atoms with E-state index in [1.165, 1.54) is 12.1 Å². The number of nitrogens with zero attached hydrogens (tertiary/aromatic N) is 3. The second kappa shape index (κ2) is 7.08. The highest BCUT2D eigenvalue weighted by atomic mass is 19.4. The number of rotatable bonds is 3. The molecule has 1 saturated heterocycles. The van der Waals surface area contributed by atoms with E-state index in [1.807, 2.05) is 4.90 Å². The van der Waals surface area contributed by atoms with Gasteiger partial charge >= 0.3 is 6.18 Å². The Morgan fingerprint density at radius 1 is 1.12 bits per heavy atom. The number of nitrogens with one attached hydrogen (secondary N) is 1. The van der Waals surface area contributed by atoms with Crippen LogP contribution in [0.3, 0.4) is 0 Å². The average Bonchev–Trinajstić information content (AvgIpc) is 2.62. The van der Waals surface area contributed by atoms with Crippen LogP contribution in [-0.2, 0) is 6.18 Å². The van der Waals surface area contributed by atoms with Crippen molar-refractivity contribution in [3.8, 4) is 0 Å². The van der Waals surface area contributed by atoms with Crippen LogP contribution < -0.4 is 10.2 Å². The van der Waals surface area contributed by atoms with Gasteiger partial charge in [-0.2, -0.15) is 13.2 Å². The molecule has 5 nitrogen and oxygen atoms in total. The molecule has 1 aromatic heterocycles. The van der Waals surface area contributed by atoms with Crippen molar-refractivity contribution >= 4 is 11.9 Å². The molecule has 0 unspecified atom stereocenters. The van der Waals surface area contributed by atoms with Gasteiger partial charge in [0.2, 0.25) is 5.95 Å². The average molecular weight is 350 g/mol. The first-order valence-electron chi connectivity index (χ1n) is 7.93. The lowest BCUT2D eigenvalue weighted by Crippen LogP contribution is -2.45. The zero-order valence-corrected chi connectivity index (χ0v) is 13.3. The van der Waals surface area contributed by atoms with Gasteiger partial charge in [-0.25, -0.2) is 9.97 Å². The number of alkyl halides is 3. The molecule has 0 aliphatic carbocycles. The summed E-state index contributed by atoms with van der Waals surface area (Å²) in [5.41, 5.74) is -0.806. The van der Waals surface area contributed by atoms with Crippen molar-refractivity contribution in [1.82, 2.24) is 15.3 Å². The minimum atomic E-state index is -4.46. The van der Waals surface area contributed by atoms with E-state index in [0.717, 1.165) is 12.1 Å². The maximum Gasteiger partial charge on any atom is 0.416 e. The van der Waals surface area contributed by atoms with E-state index in [-0.39, 0.29) is 11.6 Å². The van der Waals surface area contributed by atoms with E-state index in [2.05, 4.69) is 15.3 Å². The van der Waals surface area contributed by atoms with Crippen LogP contribution in [0.2, 0.25) is 0 Å². The Bertz CT molecular complexity index is 728. The summed E-state index contributed by atoms with van der Waals surface area (Å²) in [7, 11) is 0. The van der Waals surface area contributed by atoms with Gasteiger partial charge in [0.25, 0.3) is 5.91 Å². The van der Waals surface area contributed by atoms with Gasteiger partial charge in [0, 0.05) is 37.1 Å². The number of hydrogen-bond acceptors (Lipinski definition) is 4. The lowest BCUT2D eigenvalue weighted by atomic mass is 10.0. The van der Waals surface area contributed by atoms with Gasteiger partial charge in [-0.3, -0.25) is 4.79 Å². The number of benzene rings is 1. The maximum absolute atomic E-state index is 12.7. The zero-order valence-electron chi connectivity index (χ0n) is 13.3. The zero-order chi connectivity index (χ0) is 17.9. The predicted octanol–water partition coefficient (Wildman–Crippen LogP) is 2.89. The number of anilines is 1. The first-order chi connectivity index (χ1) is 11.9. The highest BCUT2D eigenvalue weighted by Gasteiger charge is 2.31. The minimum Gasteiger partial charge on any atom is -0.349 e. The molecule has 8 heteroatoms. The van der Waals surface area contributed by atoms with Crippen molar-refractivity contribution in [1.29, 1.82) is 0 Å². The third-order valence-electron chi connectivity index (χ3n) is 4.12. The van der Waals surface area contributed by atoms with Crippen molar-refractivity contribution in [2.45, 2.75) is 25.1 Å². The highest BCUT2D eigenvalue weighted by Crippen LogP contribution is 2.29. The summed E-state index contributed by atoms with van der Waals surface area (Å²) < 4.78 is 38.2. The van der Waals surface area contributed by atoms with Gasteiger partial charge in [-0.05, 0) is 37.1 Å². The van der Waals surface area contributed by atoms with Crippen molar-refractivity contribution in [2.75, 3.05) is 18.0 Å². The van der Waals surface area contributed by atoms with E-state index in [0.29, 0.717) is 31.9 Å². The van der Waals surface area contributed by atoms with E-state index in [9.17, 15) is 18.0 Å². The Hall–Kier alpha value is -2.64. The molecule has 1 amide bonds. The molecule has 0 atom stereocenters. The predicted molar refractivity (Wildman–Crippen MR) is 86.2 cm³/mol. The number of halogens is 3. The molecule has 1 aliphatic rings. The number of carbonyl (C=O) groups is 1. The molecule has 1 N–H and O–H groups in total. The van der Waals surface area contributed by atoms with Gasteiger partial charge in [-0.15, -0.1) is 0 Å². The van der Waals surface area contributed by atoms with Crippen LogP contribution in [0.25, 0.3) is 0 Å². The fraction of sp³-hybridized carbons (Fsp3) is 0.353. The van der Waals surface area contributed by atoms with Crippen LogP contribution in [0, 0.1) is 0 Å². The summed E-state index contributed by atoms with van der Waals surface area (Å²) in [5.74, 6) is 0.158. The molecule has 0 bridgehead atoms. The molecule has 3 rings (SSSR count). The molecule has 0 radical (unpaired) electrons. The molecule has 2 aromatic rings. The molecule has 2 heterocycles. The second-order valence-electron chi connectivity index (χ2n) is 5.86. The lowest BCUT2D eigenvalue weighted by molar-refractivity contribution is -0.137. The molecule has 0 spiro atoms. The summed E-state index contributed by atoms with van der Waals surface area (Å²) in [4.78, 5) is 22.6. The molecule has 1 fully saturated rings. The maximum atomic E-state index is 12.7. The third-order valence-corrected chi connectivity index (χ3v) is 4.12. The van der Waals surface area contributed by atoms with Crippen LogP contribution in [0.4, 0.5) is 19.1 Å². The first-order valence-corrected chi connectivity index (χ1v) is 7.93. The summed E-state index contributed by atoms with van der Waals surface area (Å²) in [6, 6.07) is 6.12. The van der Waals surface area contributed by atoms with Crippen LogP contribution in [0.5, 0.6) is 0 Å². The van der Waals surface area contributed by atoms with Crippen LogP contribution in [0.15, 0.2) is 42.7 Å². The topological polar surface area (TPSA) is 58.1 Å². The Balaban J connectivity index is 1.58. The summed E-state index contributed by atoms with van der Waals surface area (Å²) in [6.07, 6.45) is 0.247. The van der Waals surface area contributed by atoms with Gasteiger partial charge in [-0.1, -0.05) is 6.07 Å². The fourth-order valence-corrected chi connectivity index (χ4v) is 2.78. The van der Waals surface area contributed by atoms with E-state index >= 15 is 0 Å². The third kappa shape index (κ3) is 4.26. The number of aromatic nitrogens is 2. The lowest BCUT2D eigenvalue weighted by Gasteiger charge is -2.32. The number of hydrogen-bond donors (Lipinski definition) is 1. The molecule has 0 saturated carbocycles. The van der Waals surface area contributed by atoms with E-state index < -0.39 is 17.6 Å². The van der Waals surface area contributed by atoms with Crippen LogP contribution in [0.1, 0.15) is 28.8 Å². The Labute approximate surface area is 142 Å². The highest BCUT2D eigenvalue weighted by molar-refractivity contribution is 5.94. The molecular formula is C17H17F3N4O. The molecule has 1 aromatic carbocycles. The van der Waals surface area contributed by atoms with Crippen LogP contribution in [-0.4, -0.2) is 35.0 Å². The number of piperidine rings is 1. The summed E-state index contributed by atoms with van der Waals surface area (Å²) >= 11 is 0. The number of carbonyl (C=O) groups excluding carboxylic acids is 1. The quantitative estimate of drug-likeness (QED) is 0.925. The second-order valence-corrected chi connectivity index (χ2v) is 5.86. The van der Waals surface area contributed by atoms with Crippen molar-refractivity contribution in [3.05, 3.63) is 53.9 Å². The minimum absolute atomic E-state index is 0.0173. The van der Waals surface area contributed by atoms with Crippen molar-refractivity contribution in [3.63, 3.8) is 0 Å². The smallest absolute Gasteiger partial charge is 0.349 e. The molecule has 132 valence electrons. The fourth-order valence-electron chi connectivity index (χ4n) is 2.78. The van der Waals surface area contributed by atoms with E-state index in [1.54, 1.807) is 18.5 Å². The molecule has 1 aliphatic heterocycles. The standard InChI is InChI=1S/C17H17F3N4O/c18-17(19,20)13-4-1-3-12(11-13)15(25)23-14-5-9-24(10-6-14)16-21-7-2-8-22-16/h1-4,7-8,11,14H,5-6,9-10H2,(H,23,25). The summed E-state index contributed by atoms with van der Waals surface area (Å²) in [5, 5.41) is 2.81. The van der Waals surface area contributed by atoms with Crippen molar-refractivity contribution < 1.29 is 18.0 Å². The Morgan fingerprint density at radius 3 is 2.44 bits per heavy atom. The molecule has 25 heavy (non-hydrogen) atoms. The summed E-state index contributed by atoms with van der Waals surface area (Å²) in [6.45, 7) is 1.36. The normalized spacial score (nSPS) is 15.9. The van der Waals surface area contributed by atoms with E-state index in [4.69, 9.17) is 0 Å². The Kier molecular flexibility index (Phi) is 4.87. The number of amides is 1. The Morgan fingerprint density at radius 2 is 1.80 bits per heavy atom. The van der Waals surface area contributed by atoms with Crippen LogP contribution >= 0.6 is 0 Å². The van der Waals surface area contributed by atoms with Gasteiger partial charge in [0.05, 0.1) is 5.56 Å². The molecular weight excluding hydrogens is 333 g/mol.